The molecule has 4 aromatic rings. The van der Waals surface area contributed by atoms with Crippen LogP contribution in [0.25, 0.3) is 10.9 Å². The molecule has 2 aromatic heterocycles. The summed E-state index contributed by atoms with van der Waals surface area (Å²) < 4.78 is 8.17. The van der Waals surface area contributed by atoms with Crippen molar-refractivity contribution in [1.29, 1.82) is 0 Å². The van der Waals surface area contributed by atoms with Crippen LogP contribution in [0.4, 0.5) is 11.6 Å². The monoisotopic (exact) mass is 579 g/mol. The van der Waals surface area contributed by atoms with E-state index in [0.717, 1.165) is 53.2 Å². The maximum Gasteiger partial charge on any atom is 0.242 e. The summed E-state index contributed by atoms with van der Waals surface area (Å²) in [7, 11) is 2.14. The van der Waals surface area contributed by atoms with E-state index in [-0.39, 0.29) is 18.6 Å². The van der Waals surface area contributed by atoms with E-state index in [4.69, 9.17) is 21.3 Å². The van der Waals surface area contributed by atoms with Gasteiger partial charge < -0.3 is 24.4 Å². The summed E-state index contributed by atoms with van der Waals surface area (Å²) in [6, 6.07) is 11.6. The van der Waals surface area contributed by atoms with Crippen molar-refractivity contribution in [3.8, 4) is 5.75 Å². The highest BCUT2D eigenvalue weighted by molar-refractivity contribution is 7.99. The zero-order valence-corrected chi connectivity index (χ0v) is 24.6. The second-order valence-electron chi connectivity index (χ2n) is 9.78. The molecule has 210 valence electrons. The zero-order valence-electron chi connectivity index (χ0n) is 23.0. The molecule has 1 amide bonds. The number of nitrogens with one attached hydrogen (secondary N) is 1. The molecule has 0 spiro atoms. The molecule has 1 aliphatic heterocycles. The van der Waals surface area contributed by atoms with Gasteiger partial charge in [0.15, 0.2) is 5.16 Å². The Bertz CT molecular complexity index is 1470. The van der Waals surface area contributed by atoms with Gasteiger partial charge >= 0.3 is 0 Å². The molecule has 0 unspecified atom stereocenters. The van der Waals surface area contributed by atoms with E-state index in [1.807, 2.05) is 61.0 Å². The Labute approximate surface area is 243 Å². The third-order valence-electron chi connectivity index (χ3n) is 7.03. The van der Waals surface area contributed by atoms with Gasteiger partial charge in [-0.25, -0.2) is 15.0 Å². The Morgan fingerprint density at radius 2 is 1.98 bits per heavy atom. The molecule has 2 aromatic carbocycles. The van der Waals surface area contributed by atoms with Crippen LogP contribution < -0.4 is 10.1 Å². The highest BCUT2D eigenvalue weighted by Crippen LogP contribution is 2.35. The number of amides is 1. The van der Waals surface area contributed by atoms with Gasteiger partial charge in [0.05, 0.1) is 15.9 Å². The maximum absolute atomic E-state index is 12.6. The number of piperidine rings is 1. The summed E-state index contributed by atoms with van der Waals surface area (Å²) in [5, 5.41) is 5.43. The van der Waals surface area contributed by atoms with Gasteiger partial charge in [-0.2, -0.15) is 0 Å². The number of nitrogens with zero attached hydrogens (tertiary/aromatic N) is 6. The van der Waals surface area contributed by atoms with Gasteiger partial charge in [-0.3, -0.25) is 4.79 Å². The van der Waals surface area contributed by atoms with Crippen LogP contribution in [0.1, 0.15) is 26.7 Å². The minimum atomic E-state index is 0.0615. The van der Waals surface area contributed by atoms with Crippen molar-refractivity contribution in [1.82, 2.24) is 29.3 Å². The van der Waals surface area contributed by atoms with Crippen molar-refractivity contribution in [2.45, 2.75) is 49.4 Å². The predicted molar refractivity (Wildman–Crippen MR) is 160 cm³/mol. The minimum Gasteiger partial charge on any atom is -0.490 e. The van der Waals surface area contributed by atoms with Crippen LogP contribution in [0.5, 0.6) is 5.75 Å². The summed E-state index contributed by atoms with van der Waals surface area (Å²) in [5.74, 6) is 1.36. The first-order valence-corrected chi connectivity index (χ1v) is 14.8. The number of hydrogen-bond acceptors (Lipinski definition) is 8. The summed E-state index contributed by atoms with van der Waals surface area (Å²) in [5.41, 5.74) is 1.58. The first-order valence-electron chi connectivity index (χ1n) is 13.6. The van der Waals surface area contributed by atoms with Crippen LogP contribution in [0.2, 0.25) is 5.02 Å². The van der Waals surface area contributed by atoms with Crippen molar-refractivity contribution in [2.24, 2.45) is 0 Å². The summed E-state index contributed by atoms with van der Waals surface area (Å²) in [6.07, 6.45) is 7.55. The molecular formula is C29H34ClN7O2S. The summed E-state index contributed by atoms with van der Waals surface area (Å²) >= 11 is 8.07. The SMILES string of the molecule is CCN(CC)C(=O)Cn1ccnc1Sc1ccc(Nc2ncc3c(OC4CCN(C)CC4)cccc3n2)cc1Cl. The molecular weight excluding hydrogens is 546 g/mol. The fraction of sp³-hybridized carbons (Fsp3) is 0.379. The average Bonchev–Trinajstić information content (AvgIpc) is 3.38. The topological polar surface area (TPSA) is 88.4 Å². The number of fused-ring (bicyclic) bond motifs is 1. The Balaban J connectivity index is 1.26. The van der Waals surface area contributed by atoms with Crippen LogP contribution in [-0.4, -0.2) is 74.6 Å². The second kappa shape index (κ2) is 12.9. The first kappa shape index (κ1) is 28.2. The molecule has 0 bridgehead atoms. The standard InChI is InChI=1S/C29H34ClN7O2S/c1-4-36(5-2)27(38)19-37-16-13-31-29(37)40-26-10-9-20(17-23(26)30)33-28-32-18-22-24(34-28)7-6-8-25(22)39-21-11-14-35(3)15-12-21/h6-10,13,16-18,21H,4-5,11-12,14-15,19H2,1-3H3,(H,32,33,34). The predicted octanol–water partition coefficient (Wildman–Crippen LogP) is 5.72. The lowest BCUT2D eigenvalue weighted by atomic mass is 10.1. The highest BCUT2D eigenvalue weighted by Gasteiger charge is 2.19. The Morgan fingerprint density at radius 3 is 2.73 bits per heavy atom. The van der Waals surface area contributed by atoms with Crippen molar-refractivity contribution in [3.63, 3.8) is 0 Å². The number of hydrogen-bond donors (Lipinski definition) is 1. The van der Waals surface area contributed by atoms with E-state index in [0.29, 0.717) is 29.2 Å². The lowest BCUT2D eigenvalue weighted by Gasteiger charge is -2.29. The van der Waals surface area contributed by atoms with Crippen LogP contribution >= 0.6 is 23.4 Å². The molecule has 1 saturated heterocycles. The number of likely N-dealkylation sites (N-methyl/N-ethyl adjacent to an activating group) is 1. The number of carbonyl (C=O) groups is 1. The van der Waals surface area contributed by atoms with E-state index < -0.39 is 0 Å². The third kappa shape index (κ3) is 6.68. The van der Waals surface area contributed by atoms with Gasteiger partial charge in [-0.15, -0.1) is 0 Å². The number of carbonyl (C=O) groups excluding carboxylic acids is 1. The van der Waals surface area contributed by atoms with Crippen molar-refractivity contribution < 1.29 is 9.53 Å². The Hall–Kier alpha value is -3.34. The molecule has 0 atom stereocenters. The molecule has 9 nitrogen and oxygen atoms in total. The van der Waals surface area contributed by atoms with E-state index in [9.17, 15) is 4.79 Å². The molecule has 1 aliphatic rings. The van der Waals surface area contributed by atoms with Crippen LogP contribution in [0.15, 0.2) is 65.0 Å². The summed E-state index contributed by atoms with van der Waals surface area (Å²) in [6.45, 7) is 7.64. The number of imidazole rings is 1. The van der Waals surface area contributed by atoms with Gasteiger partial charge in [0, 0.05) is 55.4 Å². The second-order valence-corrected chi connectivity index (χ2v) is 11.2. The number of halogens is 1. The molecule has 1 fully saturated rings. The largest absolute Gasteiger partial charge is 0.490 e. The molecule has 0 radical (unpaired) electrons. The van der Waals surface area contributed by atoms with Gasteiger partial charge in [-0.1, -0.05) is 29.4 Å². The van der Waals surface area contributed by atoms with Crippen molar-refractivity contribution >= 4 is 51.8 Å². The van der Waals surface area contributed by atoms with Crippen LogP contribution in [-0.2, 0) is 11.3 Å². The Morgan fingerprint density at radius 1 is 1.18 bits per heavy atom. The number of aromatic nitrogens is 4. The van der Waals surface area contributed by atoms with Gasteiger partial charge in [0.2, 0.25) is 11.9 Å². The lowest BCUT2D eigenvalue weighted by Crippen LogP contribution is -2.35. The Kier molecular flexibility index (Phi) is 9.08. The van der Waals surface area contributed by atoms with Crippen LogP contribution in [0.3, 0.4) is 0 Å². The molecule has 11 heteroatoms. The minimum absolute atomic E-state index is 0.0615. The quantitative estimate of drug-likeness (QED) is 0.255. The molecule has 5 rings (SSSR count). The molecule has 40 heavy (non-hydrogen) atoms. The normalized spacial score (nSPS) is 14.4. The highest BCUT2D eigenvalue weighted by atomic mass is 35.5. The maximum atomic E-state index is 12.6. The molecule has 3 heterocycles. The number of rotatable bonds is 10. The molecule has 1 N–H and O–H groups in total. The summed E-state index contributed by atoms with van der Waals surface area (Å²) in [4.78, 5) is 31.2. The zero-order chi connectivity index (χ0) is 28.1. The van der Waals surface area contributed by atoms with E-state index >= 15 is 0 Å². The number of benzene rings is 2. The lowest BCUT2D eigenvalue weighted by molar-refractivity contribution is -0.131. The molecule has 0 saturated carbocycles. The van der Waals surface area contributed by atoms with Crippen LogP contribution in [0, 0.1) is 0 Å². The molecule has 0 aliphatic carbocycles. The van der Waals surface area contributed by atoms with Gasteiger partial charge in [-0.05, 0) is 64.1 Å². The number of anilines is 2. The third-order valence-corrected chi connectivity index (χ3v) is 8.56. The van der Waals surface area contributed by atoms with E-state index in [1.165, 1.54) is 11.8 Å². The van der Waals surface area contributed by atoms with Gasteiger partial charge in [0.1, 0.15) is 18.4 Å². The fourth-order valence-electron chi connectivity index (χ4n) is 4.71. The first-order chi connectivity index (χ1) is 19.4. The van der Waals surface area contributed by atoms with Crippen molar-refractivity contribution in [3.05, 3.63) is 60.0 Å². The number of likely N-dealkylation sites (tertiary alicyclic amines) is 1. The van der Waals surface area contributed by atoms with Gasteiger partial charge in [0.25, 0.3) is 0 Å². The fourth-order valence-corrected chi connectivity index (χ4v) is 5.85. The van der Waals surface area contributed by atoms with E-state index in [2.05, 4.69) is 27.2 Å². The average molecular weight is 580 g/mol. The van der Waals surface area contributed by atoms with E-state index in [1.54, 1.807) is 17.3 Å². The number of ether oxygens (including phenoxy) is 1. The van der Waals surface area contributed by atoms with Crippen molar-refractivity contribution in [2.75, 3.05) is 38.5 Å². The smallest absolute Gasteiger partial charge is 0.242 e.